The number of nitrogens with one attached hydrogen (secondary N) is 2. The first-order valence-corrected chi connectivity index (χ1v) is 9.04. The lowest BCUT2D eigenvalue weighted by atomic mass is 9.82. The van der Waals surface area contributed by atoms with Crippen LogP contribution in [-0.4, -0.2) is 23.6 Å². The molecule has 4 nitrogen and oxygen atoms in total. The molecule has 1 rings (SSSR count). The van der Waals surface area contributed by atoms with E-state index in [1.807, 2.05) is 45.0 Å². The van der Waals surface area contributed by atoms with Gasteiger partial charge in [0.25, 0.3) is 5.91 Å². The molecule has 0 aromatic heterocycles. The van der Waals surface area contributed by atoms with E-state index in [4.69, 9.17) is 4.74 Å². The molecule has 0 fully saturated rings. The number of benzene rings is 1. The summed E-state index contributed by atoms with van der Waals surface area (Å²) >= 11 is 0. The van der Waals surface area contributed by atoms with Crippen molar-refractivity contribution in [1.29, 1.82) is 0 Å². The van der Waals surface area contributed by atoms with E-state index in [-0.39, 0.29) is 29.0 Å². The van der Waals surface area contributed by atoms with E-state index in [1.54, 1.807) is 0 Å². The van der Waals surface area contributed by atoms with Crippen molar-refractivity contribution in [2.24, 2.45) is 5.41 Å². The van der Waals surface area contributed by atoms with Gasteiger partial charge in [-0.3, -0.25) is 4.79 Å². The summed E-state index contributed by atoms with van der Waals surface area (Å²) in [7, 11) is 0. The van der Waals surface area contributed by atoms with E-state index in [2.05, 4.69) is 45.3 Å². The van der Waals surface area contributed by atoms with Crippen LogP contribution in [0, 0.1) is 5.41 Å². The van der Waals surface area contributed by atoms with Crippen molar-refractivity contribution in [2.75, 3.05) is 6.61 Å². The Hall–Kier alpha value is -1.55. The Balaban J connectivity index is 2.66. The SMILES string of the molecule is CC(C)(C)CC(C)(C)NCc1ccccc1OCC(=O)NC(C)(C)C. The zero-order valence-electron chi connectivity index (χ0n) is 17.2. The molecular formula is C21H36N2O2. The summed E-state index contributed by atoms with van der Waals surface area (Å²) in [5.41, 5.74) is 1.10. The predicted molar refractivity (Wildman–Crippen MR) is 105 cm³/mol. The van der Waals surface area contributed by atoms with Crippen LogP contribution in [0.25, 0.3) is 0 Å². The summed E-state index contributed by atoms with van der Waals surface area (Å²) in [5.74, 6) is 0.647. The summed E-state index contributed by atoms with van der Waals surface area (Å²) in [5, 5.41) is 6.53. The lowest BCUT2D eigenvalue weighted by Gasteiger charge is -2.33. The number of para-hydroxylation sites is 1. The first-order valence-electron chi connectivity index (χ1n) is 9.04. The van der Waals surface area contributed by atoms with Gasteiger partial charge in [-0.1, -0.05) is 39.0 Å². The van der Waals surface area contributed by atoms with Crippen molar-refractivity contribution in [1.82, 2.24) is 10.6 Å². The lowest BCUT2D eigenvalue weighted by Crippen LogP contribution is -2.43. The van der Waals surface area contributed by atoms with E-state index < -0.39 is 0 Å². The van der Waals surface area contributed by atoms with E-state index in [0.717, 1.165) is 17.7 Å². The normalized spacial score (nSPS) is 12.8. The Bertz CT molecular complexity index is 566. The van der Waals surface area contributed by atoms with Crippen molar-refractivity contribution >= 4 is 5.91 Å². The van der Waals surface area contributed by atoms with Crippen LogP contribution in [0.1, 0.15) is 67.4 Å². The maximum Gasteiger partial charge on any atom is 0.258 e. The molecule has 0 aliphatic carbocycles. The average molecular weight is 349 g/mol. The second-order valence-electron chi connectivity index (χ2n) is 9.67. The number of hydrogen-bond acceptors (Lipinski definition) is 3. The van der Waals surface area contributed by atoms with Crippen molar-refractivity contribution in [2.45, 2.75) is 79.4 Å². The van der Waals surface area contributed by atoms with Gasteiger partial charge in [0.15, 0.2) is 6.61 Å². The maximum atomic E-state index is 12.0. The molecular weight excluding hydrogens is 312 g/mol. The van der Waals surface area contributed by atoms with Crippen LogP contribution in [0.5, 0.6) is 5.75 Å². The molecule has 0 saturated heterocycles. The summed E-state index contributed by atoms with van der Waals surface area (Å²) in [6.07, 6.45) is 1.07. The fraction of sp³-hybridized carbons (Fsp3) is 0.667. The van der Waals surface area contributed by atoms with Gasteiger partial charge in [-0.05, 0) is 52.5 Å². The van der Waals surface area contributed by atoms with Gasteiger partial charge in [-0.15, -0.1) is 0 Å². The number of amides is 1. The maximum absolute atomic E-state index is 12.0. The fourth-order valence-corrected chi connectivity index (χ4v) is 3.11. The molecule has 0 aliphatic rings. The molecule has 0 atom stereocenters. The molecule has 142 valence electrons. The molecule has 0 saturated carbocycles. The average Bonchev–Trinajstić information content (AvgIpc) is 2.39. The van der Waals surface area contributed by atoms with Crippen molar-refractivity contribution < 1.29 is 9.53 Å². The fourth-order valence-electron chi connectivity index (χ4n) is 3.11. The van der Waals surface area contributed by atoms with Gasteiger partial charge in [0.05, 0.1) is 0 Å². The number of rotatable bonds is 7. The van der Waals surface area contributed by atoms with E-state index >= 15 is 0 Å². The van der Waals surface area contributed by atoms with E-state index in [0.29, 0.717) is 6.54 Å². The number of ether oxygens (including phenoxy) is 1. The molecule has 0 unspecified atom stereocenters. The third-order valence-electron chi connectivity index (χ3n) is 3.58. The molecule has 0 heterocycles. The smallest absolute Gasteiger partial charge is 0.258 e. The Kier molecular flexibility index (Phi) is 7.07. The highest BCUT2D eigenvalue weighted by molar-refractivity contribution is 5.78. The number of hydrogen-bond donors (Lipinski definition) is 2. The van der Waals surface area contributed by atoms with Gasteiger partial charge in [-0.2, -0.15) is 0 Å². The molecule has 4 heteroatoms. The Morgan fingerprint density at radius 2 is 1.60 bits per heavy atom. The topological polar surface area (TPSA) is 50.4 Å². The third kappa shape index (κ3) is 9.49. The van der Waals surface area contributed by atoms with Gasteiger partial charge in [0.2, 0.25) is 0 Å². The Morgan fingerprint density at radius 3 is 2.16 bits per heavy atom. The second-order valence-corrected chi connectivity index (χ2v) is 9.67. The highest BCUT2D eigenvalue weighted by atomic mass is 16.5. The number of carbonyl (C=O) groups excluding carboxylic acids is 1. The minimum Gasteiger partial charge on any atom is -0.483 e. The highest BCUT2D eigenvalue weighted by Crippen LogP contribution is 2.27. The largest absolute Gasteiger partial charge is 0.483 e. The molecule has 2 N–H and O–H groups in total. The summed E-state index contributed by atoms with van der Waals surface area (Å²) < 4.78 is 5.76. The number of carbonyl (C=O) groups is 1. The quantitative estimate of drug-likeness (QED) is 0.773. The Labute approximate surface area is 153 Å². The summed E-state index contributed by atoms with van der Waals surface area (Å²) in [6.45, 7) is 17.8. The van der Waals surface area contributed by atoms with Gasteiger partial charge >= 0.3 is 0 Å². The van der Waals surface area contributed by atoms with E-state index in [1.165, 1.54) is 0 Å². The second kappa shape index (κ2) is 8.22. The van der Waals surface area contributed by atoms with Crippen LogP contribution in [0.2, 0.25) is 0 Å². The highest BCUT2D eigenvalue weighted by Gasteiger charge is 2.25. The molecule has 0 radical (unpaired) electrons. The first kappa shape index (κ1) is 21.5. The summed E-state index contributed by atoms with van der Waals surface area (Å²) in [6, 6.07) is 7.88. The lowest BCUT2D eigenvalue weighted by molar-refractivity contribution is -0.124. The molecule has 0 bridgehead atoms. The monoisotopic (exact) mass is 348 g/mol. The van der Waals surface area contributed by atoms with Gasteiger partial charge in [-0.25, -0.2) is 0 Å². The molecule has 25 heavy (non-hydrogen) atoms. The molecule has 1 aromatic rings. The van der Waals surface area contributed by atoms with Gasteiger partial charge < -0.3 is 15.4 Å². The van der Waals surface area contributed by atoms with Crippen LogP contribution in [0.15, 0.2) is 24.3 Å². The van der Waals surface area contributed by atoms with Crippen molar-refractivity contribution in [3.8, 4) is 5.75 Å². The molecule has 1 aromatic carbocycles. The third-order valence-corrected chi connectivity index (χ3v) is 3.58. The van der Waals surface area contributed by atoms with Crippen LogP contribution >= 0.6 is 0 Å². The first-order chi connectivity index (χ1) is 11.3. The minimum atomic E-state index is -0.251. The standard InChI is InChI=1S/C21H36N2O2/c1-19(2,3)15-21(7,8)22-13-16-11-9-10-12-17(16)25-14-18(24)23-20(4,5)6/h9-12,22H,13-15H2,1-8H3,(H,23,24). The van der Waals surface area contributed by atoms with Crippen molar-refractivity contribution in [3.05, 3.63) is 29.8 Å². The Morgan fingerprint density at radius 1 is 1.00 bits per heavy atom. The van der Waals surface area contributed by atoms with Crippen LogP contribution in [-0.2, 0) is 11.3 Å². The van der Waals surface area contributed by atoms with Crippen LogP contribution < -0.4 is 15.4 Å². The van der Waals surface area contributed by atoms with Crippen molar-refractivity contribution in [3.63, 3.8) is 0 Å². The zero-order valence-corrected chi connectivity index (χ0v) is 17.2. The van der Waals surface area contributed by atoms with Gasteiger partial charge in [0.1, 0.15) is 5.75 Å². The zero-order chi connectivity index (χ0) is 19.3. The van der Waals surface area contributed by atoms with E-state index in [9.17, 15) is 4.79 Å². The van der Waals surface area contributed by atoms with Crippen LogP contribution in [0.4, 0.5) is 0 Å². The molecule has 1 amide bonds. The minimum absolute atomic E-state index is 0.0228. The van der Waals surface area contributed by atoms with Crippen LogP contribution in [0.3, 0.4) is 0 Å². The molecule has 0 spiro atoms. The summed E-state index contributed by atoms with van der Waals surface area (Å²) in [4.78, 5) is 12.0. The molecule has 0 aliphatic heterocycles. The van der Waals surface area contributed by atoms with Gasteiger partial charge in [0, 0.05) is 23.2 Å². The predicted octanol–water partition coefficient (Wildman–Crippen LogP) is 4.28.